The normalized spacial score (nSPS) is 25.1. The van der Waals surface area contributed by atoms with Crippen molar-refractivity contribution in [1.29, 1.82) is 0 Å². The van der Waals surface area contributed by atoms with Gasteiger partial charge in [0, 0.05) is 38.0 Å². The third kappa shape index (κ3) is 3.20. The Morgan fingerprint density at radius 1 is 1.56 bits per heavy atom. The summed E-state index contributed by atoms with van der Waals surface area (Å²) in [5.74, 6) is -0.0728. The van der Waals surface area contributed by atoms with Crippen molar-refractivity contribution < 1.29 is 9.59 Å². The molecule has 0 bridgehead atoms. The van der Waals surface area contributed by atoms with Gasteiger partial charge in [0.2, 0.25) is 11.8 Å². The van der Waals surface area contributed by atoms with Crippen molar-refractivity contribution in [1.82, 2.24) is 10.2 Å². The van der Waals surface area contributed by atoms with Gasteiger partial charge in [-0.15, -0.1) is 0 Å². The number of likely N-dealkylation sites (N-methyl/N-ethyl adjacent to an activating group) is 1. The van der Waals surface area contributed by atoms with Crippen LogP contribution in [0.4, 0.5) is 0 Å². The van der Waals surface area contributed by atoms with Gasteiger partial charge in [-0.05, 0) is 13.3 Å². The van der Waals surface area contributed by atoms with Crippen LogP contribution in [0.25, 0.3) is 0 Å². The Kier molecular flexibility index (Phi) is 4.29. The third-order valence-electron chi connectivity index (χ3n) is 3.18. The molecule has 1 aliphatic heterocycles. The Bertz CT molecular complexity index is 278. The van der Waals surface area contributed by atoms with E-state index >= 15 is 0 Å². The van der Waals surface area contributed by atoms with Crippen molar-refractivity contribution in [3.8, 4) is 0 Å². The number of nitrogens with two attached hydrogens (primary N) is 1. The molecule has 1 aliphatic rings. The highest BCUT2D eigenvalue weighted by Crippen LogP contribution is 2.10. The molecule has 3 N–H and O–H groups in total. The maximum atomic E-state index is 11.7. The van der Waals surface area contributed by atoms with Crippen LogP contribution in [0, 0.1) is 5.92 Å². The minimum Gasteiger partial charge on any atom is -0.351 e. The number of amides is 2. The largest absolute Gasteiger partial charge is 0.351 e. The highest BCUT2D eigenvalue weighted by atomic mass is 16.2. The van der Waals surface area contributed by atoms with Crippen LogP contribution in [-0.4, -0.2) is 42.4 Å². The monoisotopic (exact) mass is 227 g/mol. The first-order valence-electron chi connectivity index (χ1n) is 5.71. The van der Waals surface area contributed by atoms with Crippen LogP contribution in [-0.2, 0) is 9.59 Å². The molecule has 1 heterocycles. The predicted molar refractivity (Wildman–Crippen MR) is 61.6 cm³/mol. The fourth-order valence-electron chi connectivity index (χ4n) is 1.70. The molecule has 0 aromatic carbocycles. The van der Waals surface area contributed by atoms with Crippen LogP contribution in [0.2, 0.25) is 0 Å². The van der Waals surface area contributed by atoms with E-state index in [-0.39, 0.29) is 29.8 Å². The molecule has 2 amide bonds. The standard InChI is InChI=1S/C11H21N3O2/c1-7(8(2)12)11(16)13-9-4-5-10(15)14(3)6-9/h7-9H,4-6,12H2,1-3H3,(H,13,16). The maximum Gasteiger partial charge on any atom is 0.224 e. The number of hydrogen-bond donors (Lipinski definition) is 2. The van der Waals surface area contributed by atoms with E-state index < -0.39 is 0 Å². The van der Waals surface area contributed by atoms with Crippen LogP contribution in [0.1, 0.15) is 26.7 Å². The van der Waals surface area contributed by atoms with Gasteiger partial charge in [-0.3, -0.25) is 9.59 Å². The molecule has 92 valence electrons. The van der Waals surface area contributed by atoms with E-state index in [0.717, 1.165) is 6.42 Å². The lowest BCUT2D eigenvalue weighted by Crippen LogP contribution is -2.51. The first-order chi connectivity index (χ1) is 7.41. The minimum atomic E-state index is -0.192. The molecule has 0 aromatic heterocycles. The Labute approximate surface area is 96.4 Å². The SMILES string of the molecule is CC(N)C(C)C(=O)NC1CCC(=O)N(C)C1. The third-order valence-corrected chi connectivity index (χ3v) is 3.18. The predicted octanol–water partition coefficient (Wildman–Crippen LogP) is -0.293. The minimum absolute atomic E-state index is 0.0252. The van der Waals surface area contributed by atoms with Gasteiger partial charge in [0.25, 0.3) is 0 Å². The molecule has 16 heavy (non-hydrogen) atoms. The first-order valence-corrected chi connectivity index (χ1v) is 5.71. The second kappa shape index (κ2) is 5.30. The molecule has 0 saturated carbocycles. The zero-order valence-corrected chi connectivity index (χ0v) is 10.2. The van der Waals surface area contributed by atoms with Gasteiger partial charge in [-0.25, -0.2) is 0 Å². The summed E-state index contributed by atoms with van der Waals surface area (Å²) in [6.45, 7) is 4.23. The van der Waals surface area contributed by atoms with Gasteiger partial charge in [0.05, 0.1) is 0 Å². The van der Waals surface area contributed by atoms with Crippen LogP contribution < -0.4 is 11.1 Å². The number of hydrogen-bond acceptors (Lipinski definition) is 3. The van der Waals surface area contributed by atoms with E-state index in [9.17, 15) is 9.59 Å². The van der Waals surface area contributed by atoms with E-state index in [0.29, 0.717) is 13.0 Å². The number of nitrogens with zero attached hydrogens (tertiary/aromatic N) is 1. The summed E-state index contributed by atoms with van der Waals surface area (Å²) >= 11 is 0. The molecule has 3 unspecified atom stereocenters. The lowest BCUT2D eigenvalue weighted by molar-refractivity contribution is -0.134. The highest BCUT2D eigenvalue weighted by Gasteiger charge is 2.26. The molecule has 5 nitrogen and oxygen atoms in total. The molecular weight excluding hydrogens is 206 g/mol. The van der Waals surface area contributed by atoms with Gasteiger partial charge in [0.15, 0.2) is 0 Å². The molecule has 1 rings (SSSR count). The average Bonchev–Trinajstić information content (AvgIpc) is 2.22. The second-order valence-corrected chi connectivity index (χ2v) is 4.67. The molecule has 1 fully saturated rings. The highest BCUT2D eigenvalue weighted by molar-refractivity contribution is 5.80. The van der Waals surface area contributed by atoms with Crippen LogP contribution in [0.5, 0.6) is 0 Å². The molecule has 0 aliphatic carbocycles. The van der Waals surface area contributed by atoms with E-state index in [1.54, 1.807) is 11.9 Å². The lowest BCUT2D eigenvalue weighted by atomic mass is 10.0. The van der Waals surface area contributed by atoms with Crippen molar-refractivity contribution >= 4 is 11.8 Å². The van der Waals surface area contributed by atoms with Crippen molar-refractivity contribution in [2.75, 3.05) is 13.6 Å². The Balaban J connectivity index is 2.43. The average molecular weight is 227 g/mol. The number of rotatable bonds is 3. The lowest BCUT2D eigenvalue weighted by Gasteiger charge is -2.31. The molecular formula is C11H21N3O2. The topological polar surface area (TPSA) is 75.4 Å². The van der Waals surface area contributed by atoms with Crippen molar-refractivity contribution in [3.05, 3.63) is 0 Å². The van der Waals surface area contributed by atoms with E-state index in [2.05, 4.69) is 5.32 Å². The molecule has 5 heteroatoms. The van der Waals surface area contributed by atoms with Crippen molar-refractivity contribution in [2.45, 2.75) is 38.8 Å². The van der Waals surface area contributed by atoms with Gasteiger partial charge >= 0.3 is 0 Å². The Morgan fingerprint density at radius 3 is 2.69 bits per heavy atom. The summed E-state index contributed by atoms with van der Waals surface area (Å²) in [4.78, 5) is 24.7. The summed E-state index contributed by atoms with van der Waals surface area (Å²) in [6.07, 6.45) is 1.23. The van der Waals surface area contributed by atoms with Gasteiger partial charge in [0.1, 0.15) is 0 Å². The van der Waals surface area contributed by atoms with Crippen molar-refractivity contribution in [3.63, 3.8) is 0 Å². The van der Waals surface area contributed by atoms with E-state index in [4.69, 9.17) is 5.73 Å². The molecule has 0 spiro atoms. The Morgan fingerprint density at radius 2 is 2.19 bits per heavy atom. The molecule has 0 radical (unpaired) electrons. The summed E-state index contributed by atoms with van der Waals surface area (Å²) < 4.78 is 0. The van der Waals surface area contributed by atoms with Gasteiger partial charge in [-0.2, -0.15) is 0 Å². The zero-order chi connectivity index (χ0) is 12.3. The molecule has 1 saturated heterocycles. The summed E-state index contributed by atoms with van der Waals surface area (Å²) in [6, 6.07) is -0.0839. The van der Waals surface area contributed by atoms with Gasteiger partial charge < -0.3 is 16.0 Å². The first kappa shape index (κ1) is 13.0. The number of carbonyl (C=O) groups excluding carboxylic acids is 2. The molecule has 0 aromatic rings. The number of likely N-dealkylation sites (tertiary alicyclic amines) is 1. The van der Waals surface area contributed by atoms with Crippen LogP contribution >= 0.6 is 0 Å². The van der Waals surface area contributed by atoms with Crippen molar-refractivity contribution in [2.24, 2.45) is 11.7 Å². The van der Waals surface area contributed by atoms with Crippen LogP contribution in [0.15, 0.2) is 0 Å². The van der Waals surface area contributed by atoms with Crippen LogP contribution in [0.3, 0.4) is 0 Å². The van der Waals surface area contributed by atoms with Gasteiger partial charge in [-0.1, -0.05) is 6.92 Å². The quantitative estimate of drug-likeness (QED) is 0.695. The number of nitrogens with one attached hydrogen (secondary N) is 1. The smallest absolute Gasteiger partial charge is 0.224 e. The maximum absolute atomic E-state index is 11.7. The number of carbonyl (C=O) groups is 2. The second-order valence-electron chi connectivity index (χ2n) is 4.67. The summed E-state index contributed by atoms with van der Waals surface area (Å²) in [5, 5.41) is 2.94. The fourth-order valence-corrected chi connectivity index (χ4v) is 1.70. The number of piperidine rings is 1. The summed E-state index contributed by atoms with van der Waals surface area (Å²) in [5.41, 5.74) is 5.67. The molecule has 3 atom stereocenters. The summed E-state index contributed by atoms with van der Waals surface area (Å²) in [7, 11) is 1.76. The fraction of sp³-hybridized carbons (Fsp3) is 0.818. The Hall–Kier alpha value is -1.10. The van der Waals surface area contributed by atoms with E-state index in [1.807, 2.05) is 13.8 Å². The zero-order valence-electron chi connectivity index (χ0n) is 10.2. The van der Waals surface area contributed by atoms with E-state index in [1.165, 1.54) is 0 Å².